The number of aryl methyl sites for hydroxylation is 2. The number of methoxy groups -OCH3 is 1. The molecule has 1 aromatic carbocycles. The molecule has 178 valence electrons. The van der Waals surface area contributed by atoms with Gasteiger partial charge in [0.1, 0.15) is 0 Å². The molecule has 0 amide bonds. The molecule has 8 heteroatoms. The summed E-state index contributed by atoms with van der Waals surface area (Å²) in [4.78, 5) is 18.5. The summed E-state index contributed by atoms with van der Waals surface area (Å²) in [6.07, 6.45) is 2.65. The number of carboxylic acids is 1. The topological polar surface area (TPSA) is 79.6 Å². The molecule has 1 saturated heterocycles. The van der Waals surface area contributed by atoms with Crippen LogP contribution in [0.15, 0.2) is 48.7 Å². The van der Waals surface area contributed by atoms with Gasteiger partial charge >= 0.3 is 5.97 Å². The third kappa shape index (κ3) is 4.43. The van der Waals surface area contributed by atoms with Crippen LogP contribution in [-0.2, 0) is 4.74 Å². The molecule has 34 heavy (non-hydrogen) atoms. The maximum atomic E-state index is 11.6. The van der Waals surface area contributed by atoms with Crippen LogP contribution in [0.5, 0.6) is 0 Å². The van der Waals surface area contributed by atoms with E-state index in [0.29, 0.717) is 11.7 Å². The first kappa shape index (κ1) is 23.9. The van der Waals surface area contributed by atoms with Crippen molar-refractivity contribution in [1.82, 2.24) is 19.8 Å². The Balaban J connectivity index is 1.83. The maximum absolute atomic E-state index is 11.6. The Morgan fingerprint density at radius 2 is 2.00 bits per heavy atom. The van der Waals surface area contributed by atoms with Crippen molar-refractivity contribution in [2.24, 2.45) is 0 Å². The average molecular weight is 479 g/mol. The van der Waals surface area contributed by atoms with Crippen molar-refractivity contribution in [2.75, 3.05) is 20.3 Å². The van der Waals surface area contributed by atoms with Gasteiger partial charge in [-0.25, -0.2) is 4.79 Å². The standard InChI is InChI=1S/C26H30N4O3S/c1-16-9-10-19(25(31)32)15-22(16)30-17(2)14-20(18(30)3)24-23(21-8-5-6-11-27-21)28-26(34)29(24)12-7-13-33-4/h5-6,8-11,14-15,23-24H,7,12-13H2,1-4H3,(H,28,34)(H,31,32)/t23-,24-/m0/s1. The van der Waals surface area contributed by atoms with Crippen molar-refractivity contribution >= 4 is 23.3 Å². The van der Waals surface area contributed by atoms with Crippen LogP contribution in [0.25, 0.3) is 5.69 Å². The zero-order valence-corrected chi connectivity index (χ0v) is 20.7. The normalized spacial score (nSPS) is 17.8. The number of thiocarbonyl (C=S) groups is 1. The summed E-state index contributed by atoms with van der Waals surface area (Å²) < 4.78 is 7.42. The number of hydrogen-bond donors (Lipinski definition) is 2. The SMILES string of the molecule is COCCCN1C(=S)N[C@@H](c2ccccn2)[C@@H]1c1cc(C)n(-c2cc(C(=O)O)ccc2C)c1C. The second-order valence-electron chi connectivity index (χ2n) is 8.63. The molecular weight excluding hydrogens is 448 g/mol. The molecule has 3 aromatic rings. The lowest BCUT2D eigenvalue weighted by Crippen LogP contribution is -2.31. The highest BCUT2D eigenvalue weighted by molar-refractivity contribution is 7.80. The smallest absolute Gasteiger partial charge is 0.335 e. The molecule has 0 unspecified atom stereocenters. The lowest BCUT2D eigenvalue weighted by atomic mass is 9.96. The van der Waals surface area contributed by atoms with Crippen LogP contribution in [0, 0.1) is 20.8 Å². The fourth-order valence-corrected chi connectivity index (χ4v) is 5.14. The number of aromatic nitrogens is 2. The van der Waals surface area contributed by atoms with E-state index in [1.807, 2.05) is 31.2 Å². The van der Waals surface area contributed by atoms with E-state index in [2.05, 4.69) is 39.7 Å². The van der Waals surface area contributed by atoms with Crippen LogP contribution in [0.1, 0.15) is 57.1 Å². The monoisotopic (exact) mass is 478 g/mol. The van der Waals surface area contributed by atoms with Crippen molar-refractivity contribution in [2.45, 2.75) is 39.3 Å². The Labute approximate surface area is 205 Å². The largest absolute Gasteiger partial charge is 0.478 e. The maximum Gasteiger partial charge on any atom is 0.335 e. The van der Waals surface area contributed by atoms with Crippen molar-refractivity contribution in [1.29, 1.82) is 0 Å². The molecule has 0 radical (unpaired) electrons. The van der Waals surface area contributed by atoms with Gasteiger partial charge < -0.3 is 24.6 Å². The summed E-state index contributed by atoms with van der Waals surface area (Å²) in [7, 11) is 1.70. The number of nitrogens with zero attached hydrogens (tertiary/aromatic N) is 3. The van der Waals surface area contributed by atoms with E-state index in [9.17, 15) is 9.90 Å². The van der Waals surface area contributed by atoms with E-state index >= 15 is 0 Å². The predicted molar refractivity (Wildman–Crippen MR) is 136 cm³/mol. The summed E-state index contributed by atoms with van der Waals surface area (Å²) in [5.41, 5.74) is 6.30. The highest BCUT2D eigenvalue weighted by Crippen LogP contribution is 2.41. The highest BCUT2D eigenvalue weighted by Gasteiger charge is 2.41. The number of nitrogens with one attached hydrogen (secondary N) is 1. The van der Waals surface area contributed by atoms with Gasteiger partial charge in [0.2, 0.25) is 0 Å². The van der Waals surface area contributed by atoms with Crippen LogP contribution in [0.2, 0.25) is 0 Å². The lowest BCUT2D eigenvalue weighted by molar-refractivity contribution is 0.0697. The number of aromatic carboxylic acids is 1. The molecule has 0 aliphatic carbocycles. The van der Waals surface area contributed by atoms with Gasteiger partial charge in [0.25, 0.3) is 0 Å². The van der Waals surface area contributed by atoms with Gasteiger partial charge in [0, 0.05) is 43.5 Å². The van der Waals surface area contributed by atoms with Crippen LogP contribution in [0.4, 0.5) is 0 Å². The van der Waals surface area contributed by atoms with E-state index in [1.54, 1.807) is 25.4 Å². The third-order valence-electron chi connectivity index (χ3n) is 6.43. The molecule has 1 aliphatic rings. The number of ether oxygens (including phenoxy) is 1. The molecule has 3 heterocycles. The number of carbonyl (C=O) groups is 1. The first-order valence-corrected chi connectivity index (χ1v) is 11.7. The first-order chi connectivity index (χ1) is 16.3. The van der Waals surface area contributed by atoms with Crippen molar-refractivity contribution in [3.63, 3.8) is 0 Å². The number of rotatable bonds is 8. The minimum Gasteiger partial charge on any atom is -0.478 e. The third-order valence-corrected chi connectivity index (χ3v) is 6.78. The second-order valence-corrected chi connectivity index (χ2v) is 9.02. The second kappa shape index (κ2) is 9.95. The Hall–Kier alpha value is -3.23. The zero-order valence-electron chi connectivity index (χ0n) is 19.9. The number of carboxylic acid groups (broad SMARTS) is 1. The van der Waals surface area contributed by atoms with E-state index in [0.717, 1.165) is 46.9 Å². The van der Waals surface area contributed by atoms with Gasteiger partial charge in [-0.3, -0.25) is 4.98 Å². The number of hydrogen-bond acceptors (Lipinski definition) is 4. The fraction of sp³-hybridized carbons (Fsp3) is 0.346. The van der Waals surface area contributed by atoms with Crippen LogP contribution in [0.3, 0.4) is 0 Å². The Morgan fingerprint density at radius 3 is 2.68 bits per heavy atom. The fourth-order valence-electron chi connectivity index (χ4n) is 4.81. The molecule has 1 aliphatic heterocycles. The average Bonchev–Trinajstić information content (AvgIpc) is 3.30. The summed E-state index contributed by atoms with van der Waals surface area (Å²) in [6.45, 7) is 7.54. The Morgan fingerprint density at radius 1 is 1.21 bits per heavy atom. The van der Waals surface area contributed by atoms with E-state index in [-0.39, 0.29) is 17.6 Å². The molecule has 0 bridgehead atoms. The molecule has 2 atom stereocenters. The zero-order chi connectivity index (χ0) is 24.4. The molecule has 1 fully saturated rings. The first-order valence-electron chi connectivity index (χ1n) is 11.3. The van der Waals surface area contributed by atoms with Crippen LogP contribution < -0.4 is 5.32 Å². The van der Waals surface area contributed by atoms with Gasteiger partial charge in [-0.05, 0) is 80.9 Å². The van der Waals surface area contributed by atoms with E-state index in [4.69, 9.17) is 17.0 Å². The Kier molecular flexibility index (Phi) is 7.00. The van der Waals surface area contributed by atoms with Crippen molar-refractivity contribution < 1.29 is 14.6 Å². The van der Waals surface area contributed by atoms with Gasteiger partial charge in [-0.2, -0.15) is 0 Å². The van der Waals surface area contributed by atoms with Gasteiger partial charge in [-0.15, -0.1) is 0 Å². The van der Waals surface area contributed by atoms with E-state index in [1.165, 1.54) is 0 Å². The molecule has 7 nitrogen and oxygen atoms in total. The van der Waals surface area contributed by atoms with Gasteiger partial charge in [0.15, 0.2) is 5.11 Å². The highest BCUT2D eigenvalue weighted by atomic mass is 32.1. The quantitative estimate of drug-likeness (QED) is 0.364. The minimum absolute atomic E-state index is 0.0535. The number of pyridine rings is 1. The Bertz CT molecular complexity index is 1210. The molecule has 4 rings (SSSR count). The van der Waals surface area contributed by atoms with Crippen molar-refractivity contribution in [3.05, 3.63) is 82.4 Å². The van der Waals surface area contributed by atoms with E-state index < -0.39 is 5.97 Å². The molecular formula is C26H30N4O3S. The van der Waals surface area contributed by atoms with Crippen LogP contribution >= 0.6 is 12.2 Å². The van der Waals surface area contributed by atoms with Gasteiger partial charge in [-0.1, -0.05) is 12.1 Å². The van der Waals surface area contributed by atoms with Gasteiger partial charge in [0.05, 0.1) is 23.3 Å². The summed E-state index contributed by atoms with van der Waals surface area (Å²) in [6, 6.07) is 13.2. The molecule has 2 N–H and O–H groups in total. The number of benzene rings is 1. The molecule has 0 spiro atoms. The molecule has 0 saturated carbocycles. The summed E-state index contributed by atoms with van der Waals surface area (Å²) in [5, 5.41) is 13.7. The summed E-state index contributed by atoms with van der Waals surface area (Å²) >= 11 is 5.76. The minimum atomic E-state index is -0.936. The summed E-state index contributed by atoms with van der Waals surface area (Å²) in [5.74, 6) is -0.936. The lowest BCUT2D eigenvalue weighted by Gasteiger charge is -2.28. The van der Waals surface area contributed by atoms with Crippen LogP contribution in [-0.4, -0.2) is 50.9 Å². The predicted octanol–water partition coefficient (Wildman–Crippen LogP) is 4.50. The molecule has 2 aromatic heterocycles. The van der Waals surface area contributed by atoms with Crippen molar-refractivity contribution in [3.8, 4) is 5.69 Å².